The highest BCUT2D eigenvalue weighted by Gasteiger charge is 2.05. The number of hydrogen-bond donors (Lipinski definition) is 1. The summed E-state index contributed by atoms with van der Waals surface area (Å²) in [5.41, 5.74) is 4.46. The zero-order valence-corrected chi connectivity index (χ0v) is 11.7. The van der Waals surface area contributed by atoms with E-state index in [1.165, 1.54) is 0 Å². The molecule has 0 unspecified atom stereocenters. The van der Waals surface area contributed by atoms with E-state index in [2.05, 4.69) is 15.3 Å². The summed E-state index contributed by atoms with van der Waals surface area (Å²) in [4.78, 5) is 8.85. The van der Waals surface area contributed by atoms with Gasteiger partial charge in [-0.2, -0.15) is 4.98 Å². The quantitative estimate of drug-likeness (QED) is 0.596. The Kier molecular flexibility index (Phi) is 3.05. The second-order valence-corrected chi connectivity index (χ2v) is 4.91. The smallest absolute Gasteiger partial charge is 0.300 e. The largest absolute Gasteiger partial charge is 0.423 e. The van der Waals surface area contributed by atoms with Crippen molar-refractivity contribution in [3.8, 4) is 11.3 Å². The predicted molar refractivity (Wildman–Crippen MR) is 87.0 cm³/mol. The Labute approximate surface area is 127 Å². The van der Waals surface area contributed by atoms with E-state index in [9.17, 15) is 0 Å². The van der Waals surface area contributed by atoms with Gasteiger partial charge in [-0.25, -0.2) is 0 Å². The van der Waals surface area contributed by atoms with Crippen molar-refractivity contribution in [1.82, 2.24) is 9.97 Å². The zero-order valence-electron chi connectivity index (χ0n) is 11.7. The van der Waals surface area contributed by atoms with Crippen LogP contribution in [0.4, 0.5) is 11.7 Å². The Morgan fingerprint density at radius 1 is 0.818 bits per heavy atom. The van der Waals surface area contributed by atoms with E-state index in [1.54, 1.807) is 6.20 Å². The number of rotatable bonds is 3. The van der Waals surface area contributed by atoms with Crippen LogP contribution in [0.25, 0.3) is 22.4 Å². The number of nitrogens with one attached hydrogen (secondary N) is 1. The van der Waals surface area contributed by atoms with Gasteiger partial charge in [0.1, 0.15) is 5.52 Å². The third-order valence-corrected chi connectivity index (χ3v) is 3.38. The Bertz CT molecular complexity index is 865. The minimum atomic E-state index is 0.468. The fraction of sp³-hybridized carbons (Fsp3) is 0. The van der Waals surface area contributed by atoms with Gasteiger partial charge in [0.05, 0.1) is 17.6 Å². The third kappa shape index (κ3) is 2.42. The Hall–Kier alpha value is -3.14. The zero-order chi connectivity index (χ0) is 14.8. The molecule has 1 N–H and O–H groups in total. The summed E-state index contributed by atoms with van der Waals surface area (Å²) >= 11 is 0. The number of para-hydroxylation sites is 2. The minimum Gasteiger partial charge on any atom is -0.423 e. The summed E-state index contributed by atoms with van der Waals surface area (Å²) < 4.78 is 5.64. The van der Waals surface area contributed by atoms with Crippen LogP contribution in [0.15, 0.2) is 77.3 Å². The van der Waals surface area contributed by atoms with Gasteiger partial charge in [-0.05, 0) is 24.3 Å². The molecule has 0 radical (unpaired) electrons. The van der Waals surface area contributed by atoms with Crippen molar-refractivity contribution >= 4 is 22.8 Å². The lowest BCUT2D eigenvalue weighted by molar-refractivity contribution is 0.623. The number of fused-ring (bicyclic) bond motifs is 1. The standard InChI is InChI=1S/C18H13N3O/c1-2-6-13(7-3-1)15-11-10-14(12-19-15)20-18-21-16-8-4-5-9-17(16)22-18/h1-12H,(H,20,21). The summed E-state index contributed by atoms with van der Waals surface area (Å²) in [5.74, 6) is 0. The summed E-state index contributed by atoms with van der Waals surface area (Å²) in [6.45, 7) is 0. The van der Waals surface area contributed by atoms with E-state index in [4.69, 9.17) is 4.42 Å². The minimum absolute atomic E-state index is 0.468. The molecule has 0 aliphatic rings. The van der Waals surface area contributed by atoms with Crippen molar-refractivity contribution in [2.24, 2.45) is 0 Å². The maximum Gasteiger partial charge on any atom is 0.300 e. The molecule has 4 rings (SSSR count). The van der Waals surface area contributed by atoms with Crippen LogP contribution in [0.2, 0.25) is 0 Å². The van der Waals surface area contributed by atoms with Crippen molar-refractivity contribution in [2.75, 3.05) is 5.32 Å². The van der Waals surface area contributed by atoms with Crippen LogP contribution < -0.4 is 5.32 Å². The molecule has 0 aliphatic heterocycles. The monoisotopic (exact) mass is 287 g/mol. The molecule has 0 bridgehead atoms. The van der Waals surface area contributed by atoms with Gasteiger partial charge in [0.25, 0.3) is 6.01 Å². The summed E-state index contributed by atoms with van der Waals surface area (Å²) in [7, 11) is 0. The fourth-order valence-corrected chi connectivity index (χ4v) is 2.30. The first-order valence-corrected chi connectivity index (χ1v) is 7.02. The first kappa shape index (κ1) is 12.6. The molecule has 4 nitrogen and oxygen atoms in total. The average Bonchev–Trinajstić information content (AvgIpc) is 2.98. The van der Waals surface area contributed by atoms with E-state index in [1.807, 2.05) is 66.7 Å². The Morgan fingerprint density at radius 3 is 2.41 bits per heavy atom. The van der Waals surface area contributed by atoms with E-state index in [0.717, 1.165) is 28.0 Å². The number of oxazole rings is 1. The molecule has 4 heteroatoms. The van der Waals surface area contributed by atoms with Gasteiger partial charge in [-0.15, -0.1) is 0 Å². The highest BCUT2D eigenvalue weighted by Crippen LogP contribution is 2.23. The van der Waals surface area contributed by atoms with Gasteiger partial charge in [-0.1, -0.05) is 42.5 Å². The average molecular weight is 287 g/mol. The second kappa shape index (κ2) is 5.33. The van der Waals surface area contributed by atoms with E-state index in [0.29, 0.717) is 6.01 Å². The van der Waals surface area contributed by atoms with Crippen LogP contribution in [-0.4, -0.2) is 9.97 Å². The molecule has 106 valence electrons. The predicted octanol–water partition coefficient (Wildman–Crippen LogP) is 4.63. The molecule has 0 saturated carbocycles. The molecule has 22 heavy (non-hydrogen) atoms. The first-order chi connectivity index (χ1) is 10.9. The van der Waals surface area contributed by atoms with Crippen LogP contribution in [0, 0.1) is 0 Å². The maximum atomic E-state index is 5.64. The number of nitrogens with zero attached hydrogens (tertiary/aromatic N) is 2. The molecule has 0 amide bonds. The van der Waals surface area contributed by atoms with Gasteiger partial charge in [0, 0.05) is 5.56 Å². The lowest BCUT2D eigenvalue weighted by atomic mass is 10.1. The number of hydrogen-bond acceptors (Lipinski definition) is 4. The summed E-state index contributed by atoms with van der Waals surface area (Å²) in [6.07, 6.45) is 1.78. The van der Waals surface area contributed by atoms with Crippen molar-refractivity contribution < 1.29 is 4.42 Å². The number of benzene rings is 2. The lowest BCUT2D eigenvalue weighted by Crippen LogP contribution is -1.91. The van der Waals surface area contributed by atoms with E-state index >= 15 is 0 Å². The SMILES string of the molecule is c1ccc(-c2ccc(Nc3nc4ccccc4o3)cn2)cc1. The molecular formula is C18H13N3O. The summed E-state index contributed by atoms with van der Waals surface area (Å²) in [5, 5.41) is 3.13. The van der Waals surface area contributed by atoms with Gasteiger partial charge in [-0.3, -0.25) is 4.98 Å². The topological polar surface area (TPSA) is 51.0 Å². The molecule has 2 aromatic heterocycles. The Balaban J connectivity index is 1.58. The van der Waals surface area contributed by atoms with Crippen molar-refractivity contribution in [1.29, 1.82) is 0 Å². The third-order valence-electron chi connectivity index (χ3n) is 3.38. The van der Waals surface area contributed by atoms with Gasteiger partial charge >= 0.3 is 0 Å². The molecule has 0 fully saturated rings. The second-order valence-electron chi connectivity index (χ2n) is 4.91. The van der Waals surface area contributed by atoms with Gasteiger partial charge in [0.2, 0.25) is 0 Å². The number of aromatic nitrogens is 2. The number of pyridine rings is 1. The molecule has 0 saturated heterocycles. The van der Waals surface area contributed by atoms with E-state index in [-0.39, 0.29) is 0 Å². The molecular weight excluding hydrogens is 274 g/mol. The molecule has 0 aliphatic carbocycles. The Morgan fingerprint density at radius 2 is 1.64 bits per heavy atom. The maximum absolute atomic E-state index is 5.64. The summed E-state index contributed by atoms with van der Waals surface area (Å²) in [6, 6.07) is 22.1. The first-order valence-electron chi connectivity index (χ1n) is 7.02. The number of anilines is 2. The highest BCUT2D eigenvalue weighted by atomic mass is 16.4. The van der Waals surface area contributed by atoms with Crippen LogP contribution in [0.3, 0.4) is 0 Å². The van der Waals surface area contributed by atoms with Crippen LogP contribution >= 0.6 is 0 Å². The van der Waals surface area contributed by atoms with Crippen molar-refractivity contribution in [3.05, 3.63) is 72.9 Å². The lowest BCUT2D eigenvalue weighted by Gasteiger charge is -2.03. The highest BCUT2D eigenvalue weighted by molar-refractivity contribution is 5.75. The van der Waals surface area contributed by atoms with Gasteiger partial charge < -0.3 is 9.73 Å². The molecule has 0 atom stereocenters. The fourth-order valence-electron chi connectivity index (χ4n) is 2.30. The molecule has 0 spiro atoms. The molecule has 2 heterocycles. The molecule has 4 aromatic rings. The van der Waals surface area contributed by atoms with Crippen LogP contribution in [0.5, 0.6) is 0 Å². The van der Waals surface area contributed by atoms with Crippen LogP contribution in [0.1, 0.15) is 0 Å². The van der Waals surface area contributed by atoms with Crippen molar-refractivity contribution in [3.63, 3.8) is 0 Å². The van der Waals surface area contributed by atoms with Crippen LogP contribution in [-0.2, 0) is 0 Å². The van der Waals surface area contributed by atoms with Crippen molar-refractivity contribution in [2.45, 2.75) is 0 Å². The molecule has 2 aromatic carbocycles. The normalized spacial score (nSPS) is 10.7. The van der Waals surface area contributed by atoms with E-state index < -0.39 is 0 Å². The van der Waals surface area contributed by atoms with Gasteiger partial charge in [0.15, 0.2) is 5.58 Å².